The Kier molecular flexibility index (Phi) is 3.52. The minimum atomic E-state index is 0.511. The third kappa shape index (κ3) is 3.12. The van der Waals surface area contributed by atoms with Crippen LogP contribution in [0.4, 0.5) is 0 Å². The summed E-state index contributed by atoms with van der Waals surface area (Å²) in [5, 5.41) is 3.20. The molecule has 1 aliphatic rings. The lowest BCUT2D eigenvalue weighted by molar-refractivity contribution is 0.410. The van der Waals surface area contributed by atoms with Crippen molar-refractivity contribution in [1.82, 2.24) is 5.32 Å². The molecule has 1 aromatic carbocycles. The fourth-order valence-corrected chi connectivity index (χ4v) is 1.76. The van der Waals surface area contributed by atoms with E-state index in [1.54, 1.807) is 7.11 Å². The van der Waals surface area contributed by atoms with Gasteiger partial charge in [-0.3, -0.25) is 0 Å². The SMILES string of the molecule is COc1ccccc1CN=C(N)NC1CC1C. The second kappa shape index (κ2) is 5.08. The number of aliphatic imine (C=N–C) groups is 1. The molecule has 1 saturated carbocycles. The van der Waals surface area contributed by atoms with Crippen molar-refractivity contribution in [2.75, 3.05) is 7.11 Å². The first-order chi connectivity index (χ1) is 8.20. The van der Waals surface area contributed by atoms with E-state index in [0.29, 0.717) is 18.5 Å². The molecule has 4 heteroatoms. The number of methoxy groups -OCH3 is 1. The second-order valence-corrected chi connectivity index (χ2v) is 4.48. The number of hydrogen-bond donors (Lipinski definition) is 2. The summed E-state index contributed by atoms with van der Waals surface area (Å²) in [6.45, 7) is 2.75. The molecule has 2 unspecified atom stereocenters. The summed E-state index contributed by atoms with van der Waals surface area (Å²) in [6.07, 6.45) is 1.19. The Morgan fingerprint density at radius 2 is 2.24 bits per heavy atom. The van der Waals surface area contributed by atoms with E-state index in [9.17, 15) is 0 Å². The van der Waals surface area contributed by atoms with E-state index in [4.69, 9.17) is 10.5 Å². The molecular formula is C13H19N3O. The molecule has 0 heterocycles. The predicted molar refractivity (Wildman–Crippen MR) is 69.0 cm³/mol. The molecule has 2 rings (SSSR count). The molecule has 1 fully saturated rings. The van der Waals surface area contributed by atoms with Gasteiger partial charge in [-0.25, -0.2) is 4.99 Å². The van der Waals surface area contributed by atoms with Gasteiger partial charge in [-0.2, -0.15) is 0 Å². The van der Waals surface area contributed by atoms with Crippen molar-refractivity contribution in [2.24, 2.45) is 16.6 Å². The van der Waals surface area contributed by atoms with Gasteiger partial charge in [0, 0.05) is 11.6 Å². The molecule has 4 nitrogen and oxygen atoms in total. The second-order valence-electron chi connectivity index (χ2n) is 4.48. The molecule has 0 amide bonds. The Morgan fingerprint density at radius 3 is 2.88 bits per heavy atom. The Hall–Kier alpha value is -1.71. The van der Waals surface area contributed by atoms with E-state index in [-0.39, 0.29) is 0 Å². The molecule has 0 spiro atoms. The Morgan fingerprint density at radius 1 is 1.53 bits per heavy atom. The highest BCUT2D eigenvalue weighted by atomic mass is 16.5. The summed E-state index contributed by atoms with van der Waals surface area (Å²) < 4.78 is 5.26. The predicted octanol–water partition coefficient (Wildman–Crippen LogP) is 1.51. The van der Waals surface area contributed by atoms with Crippen LogP contribution in [0.25, 0.3) is 0 Å². The topological polar surface area (TPSA) is 59.6 Å². The highest BCUT2D eigenvalue weighted by molar-refractivity contribution is 5.78. The highest BCUT2D eigenvalue weighted by Gasteiger charge is 2.32. The van der Waals surface area contributed by atoms with Crippen LogP contribution < -0.4 is 15.8 Å². The minimum Gasteiger partial charge on any atom is -0.496 e. The highest BCUT2D eigenvalue weighted by Crippen LogP contribution is 2.28. The maximum atomic E-state index is 5.81. The maximum absolute atomic E-state index is 5.81. The fourth-order valence-electron chi connectivity index (χ4n) is 1.76. The van der Waals surface area contributed by atoms with Crippen LogP contribution in [-0.2, 0) is 6.54 Å². The first-order valence-corrected chi connectivity index (χ1v) is 5.89. The lowest BCUT2D eigenvalue weighted by Gasteiger charge is -2.07. The summed E-state index contributed by atoms with van der Waals surface area (Å²) in [4.78, 5) is 4.32. The third-order valence-corrected chi connectivity index (χ3v) is 3.06. The Bertz CT molecular complexity index is 417. The van der Waals surface area contributed by atoms with E-state index in [2.05, 4.69) is 17.2 Å². The van der Waals surface area contributed by atoms with Crippen LogP contribution in [0.2, 0.25) is 0 Å². The average molecular weight is 233 g/mol. The smallest absolute Gasteiger partial charge is 0.189 e. The van der Waals surface area contributed by atoms with E-state index in [1.165, 1.54) is 6.42 Å². The van der Waals surface area contributed by atoms with Crippen molar-refractivity contribution >= 4 is 5.96 Å². The van der Waals surface area contributed by atoms with Crippen LogP contribution in [0.3, 0.4) is 0 Å². The van der Waals surface area contributed by atoms with Crippen molar-refractivity contribution in [2.45, 2.75) is 25.9 Å². The minimum absolute atomic E-state index is 0.511. The van der Waals surface area contributed by atoms with Crippen molar-refractivity contribution in [3.8, 4) is 5.75 Å². The molecule has 0 saturated heterocycles. The van der Waals surface area contributed by atoms with E-state index in [1.807, 2.05) is 24.3 Å². The van der Waals surface area contributed by atoms with Crippen molar-refractivity contribution in [3.05, 3.63) is 29.8 Å². The van der Waals surface area contributed by atoms with Gasteiger partial charge < -0.3 is 15.8 Å². The number of rotatable bonds is 4. The van der Waals surface area contributed by atoms with E-state index in [0.717, 1.165) is 17.2 Å². The zero-order valence-electron chi connectivity index (χ0n) is 10.3. The van der Waals surface area contributed by atoms with E-state index >= 15 is 0 Å². The number of nitrogens with zero attached hydrogens (tertiary/aromatic N) is 1. The van der Waals surface area contributed by atoms with Crippen LogP contribution >= 0.6 is 0 Å². The number of benzene rings is 1. The number of hydrogen-bond acceptors (Lipinski definition) is 2. The Balaban J connectivity index is 1.93. The molecule has 2 atom stereocenters. The lowest BCUT2D eigenvalue weighted by Crippen LogP contribution is -2.34. The van der Waals surface area contributed by atoms with E-state index < -0.39 is 0 Å². The summed E-state index contributed by atoms with van der Waals surface area (Å²) in [6, 6.07) is 8.35. The zero-order valence-corrected chi connectivity index (χ0v) is 10.3. The van der Waals surface area contributed by atoms with Crippen LogP contribution in [0.15, 0.2) is 29.3 Å². The van der Waals surface area contributed by atoms with Crippen molar-refractivity contribution < 1.29 is 4.74 Å². The molecule has 17 heavy (non-hydrogen) atoms. The zero-order chi connectivity index (χ0) is 12.3. The summed E-state index contributed by atoms with van der Waals surface area (Å²) in [5.41, 5.74) is 6.86. The number of nitrogens with one attached hydrogen (secondary N) is 1. The summed E-state index contributed by atoms with van der Waals surface area (Å²) in [7, 11) is 1.66. The molecule has 0 aromatic heterocycles. The molecule has 0 bridgehead atoms. The molecule has 1 aliphatic carbocycles. The molecule has 3 N–H and O–H groups in total. The Labute approximate surface area is 102 Å². The first-order valence-electron chi connectivity index (χ1n) is 5.89. The van der Waals surface area contributed by atoms with Gasteiger partial charge in [-0.1, -0.05) is 25.1 Å². The molecular weight excluding hydrogens is 214 g/mol. The number of ether oxygens (including phenoxy) is 1. The van der Waals surface area contributed by atoms with Gasteiger partial charge in [0.05, 0.1) is 13.7 Å². The molecule has 0 aliphatic heterocycles. The fraction of sp³-hybridized carbons (Fsp3) is 0.462. The van der Waals surface area contributed by atoms with Crippen LogP contribution in [0.1, 0.15) is 18.9 Å². The van der Waals surface area contributed by atoms with Gasteiger partial charge >= 0.3 is 0 Å². The first kappa shape index (κ1) is 11.8. The van der Waals surface area contributed by atoms with Gasteiger partial charge in [0.1, 0.15) is 5.75 Å². The van der Waals surface area contributed by atoms with Crippen LogP contribution in [0.5, 0.6) is 5.75 Å². The summed E-state index contributed by atoms with van der Waals surface area (Å²) >= 11 is 0. The average Bonchev–Trinajstić information content (AvgIpc) is 3.02. The normalized spacial score (nSPS) is 23.3. The summed E-state index contributed by atoms with van der Waals surface area (Å²) in [5.74, 6) is 2.09. The monoisotopic (exact) mass is 233 g/mol. The van der Waals surface area contributed by atoms with Crippen LogP contribution in [0, 0.1) is 5.92 Å². The van der Waals surface area contributed by atoms with Gasteiger partial charge in [0.2, 0.25) is 0 Å². The third-order valence-electron chi connectivity index (χ3n) is 3.06. The quantitative estimate of drug-likeness (QED) is 0.612. The van der Waals surface area contributed by atoms with Gasteiger partial charge in [0.15, 0.2) is 5.96 Å². The van der Waals surface area contributed by atoms with Gasteiger partial charge in [0.25, 0.3) is 0 Å². The molecule has 92 valence electrons. The van der Waals surface area contributed by atoms with Gasteiger partial charge in [-0.15, -0.1) is 0 Å². The maximum Gasteiger partial charge on any atom is 0.189 e. The standard InChI is InChI=1S/C13H19N3O/c1-9-7-11(9)16-13(14)15-8-10-5-3-4-6-12(10)17-2/h3-6,9,11H,7-8H2,1-2H3,(H3,14,15,16). The lowest BCUT2D eigenvalue weighted by atomic mass is 10.2. The molecule has 0 radical (unpaired) electrons. The van der Waals surface area contributed by atoms with Crippen LogP contribution in [-0.4, -0.2) is 19.1 Å². The van der Waals surface area contributed by atoms with Crippen molar-refractivity contribution in [1.29, 1.82) is 0 Å². The number of para-hydroxylation sites is 1. The number of nitrogens with two attached hydrogens (primary N) is 1. The number of guanidine groups is 1. The van der Waals surface area contributed by atoms with Gasteiger partial charge in [-0.05, 0) is 18.4 Å². The van der Waals surface area contributed by atoms with Crippen molar-refractivity contribution in [3.63, 3.8) is 0 Å². The molecule has 1 aromatic rings. The largest absolute Gasteiger partial charge is 0.496 e.